The fraction of sp³-hybridized carbons (Fsp3) is 0.310. The van der Waals surface area contributed by atoms with Crippen LogP contribution in [-0.4, -0.2) is 50.1 Å². The van der Waals surface area contributed by atoms with Gasteiger partial charge in [0.1, 0.15) is 28.6 Å². The maximum Gasteiger partial charge on any atom is 0.274 e. The molecule has 1 saturated heterocycles. The van der Waals surface area contributed by atoms with Gasteiger partial charge in [0.05, 0.1) is 23.8 Å². The van der Waals surface area contributed by atoms with Crippen molar-refractivity contribution in [3.8, 4) is 11.3 Å². The van der Waals surface area contributed by atoms with E-state index in [1.165, 1.54) is 12.1 Å². The molecule has 2 aliphatic rings. The fourth-order valence-corrected chi connectivity index (χ4v) is 5.81. The molecule has 39 heavy (non-hydrogen) atoms. The van der Waals surface area contributed by atoms with Gasteiger partial charge in [-0.25, -0.2) is 9.37 Å². The molecule has 0 bridgehead atoms. The number of aryl methyl sites for hydroxylation is 1. The molecule has 2 aromatic carbocycles. The van der Waals surface area contributed by atoms with Gasteiger partial charge in [-0.2, -0.15) is 0 Å². The summed E-state index contributed by atoms with van der Waals surface area (Å²) in [4.78, 5) is 36.1. The van der Waals surface area contributed by atoms with Crippen LogP contribution in [0.1, 0.15) is 51.8 Å². The average molecular weight is 528 g/mol. The van der Waals surface area contributed by atoms with Crippen molar-refractivity contribution < 1.29 is 18.4 Å². The predicted octanol–water partition coefficient (Wildman–Crippen LogP) is 4.37. The minimum absolute atomic E-state index is 0.137. The highest BCUT2D eigenvalue weighted by molar-refractivity contribution is 5.99. The second-order valence-corrected chi connectivity index (χ2v) is 10.3. The van der Waals surface area contributed by atoms with Crippen LogP contribution in [0.4, 0.5) is 4.39 Å². The van der Waals surface area contributed by atoms with Crippen LogP contribution in [0, 0.1) is 12.7 Å². The Balaban J connectivity index is 1.26. The van der Waals surface area contributed by atoms with Gasteiger partial charge in [-0.3, -0.25) is 14.0 Å². The lowest BCUT2D eigenvalue weighted by atomic mass is 9.99. The predicted molar refractivity (Wildman–Crippen MR) is 141 cm³/mol. The number of nitrogens with one attached hydrogen (secondary N) is 1. The van der Waals surface area contributed by atoms with Crippen LogP contribution < -0.4 is 5.56 Å². The summed E-state index contributed by atoms with van der Waals surface area (Å²) < 4.78 is 26.5. The number of H-pyrrole nitrogens is 1. The molecule has 0 unspecified atom stereocenters. The molecule has 5 heterocycles. The molecule has 0 aliphatic carbocycles. The highest BCUT2D eigenvalue weighted by Gasteiger charge is 2.29. The molecule has 7 rings (SSSR count). The zero-order chi connectivity index (χ0) is 26.7. The molecule has 198 valence electrons. The number of imidazole rings is 1. The third-order valence-corrected chi connectivity index (χ3v) is 7.90. The van der Waals surface area contributed by atoms with Gasteiger partial charge in [0.2, 0.25) is 0 Å². The molecule has 1 N–H and O–H groups in total. The van der Waals surface area contributed by atoms with Crippen molar-refractivity contribution in [1.82, 2.24) is 24.4 Å². The highest BCUT2D eigenvalue weighted by atomic mass is 19.1. The summed E-state index contributed by atoms with van der Waals surface area (Å²) in [5.74, 6) is 1.33. The number of rotatable bonds is 3. The number of benzene rings is 2. The quantitative estimate of drug-likeness (QED) is 0.374. The molecule has 1 fully saturated rings. The number of aromatic nitrogens is 4. The number of fused-ring (bicyclic) bond motifs is 4. The Bertz CT molecular complexity index is 1800. The lowest BCUT2D eigenvalue weighted by molar-refractivity contribution is 0.0728. The van der Waals surface area contributed by atoms with E-state index in [0.29, 0.717) is 55.0 Å². The number of nitrogens with zero attached hydrogens (tertiary/aromatic N) is 4. The van der Waals surface area contributed by atoms with Crippen LogP contribution >= 0.6 is 0 Å². The summed E-state index contributed by atoms with van der Waals surface area (Å²) in [7, 11) is 0. The number of halogens is 1. The molecule has 0 radical (unpaired) electrons. The standard InChI is InChI=1S/C29H26FN5O4/c1-16-12-23-22(32-28(36)24-14-31-27(35(23)24)18-7-10-38-11-8-18)13-20(16)29(37)34-9-6-25-21(15-34)26(33-39-25)17-2-4-19(30)5-3-17/h2-5,12-14,18H,6-11,15H2,1H3,(H,32,36). The first-order valence-electron chi connectivity index (χ1n) is 13.1. The number of hydrogen-bond donors (Lipinski definition) is 1. The van der Waals surface area contributed by atoms with E-state index in [1.54, 1.807) is 29.3 Å². The highest BCUT2D eigenvalue weighted by Crippen LogP contribution is 2.32. The van der Waals surface area contributed by atoms with E-state index in [1.807, 2.05) is 17.4 Å². The Labute approximate surface area is 222 Å². The van der Waals surface area contributed by atoms with Gasteiger partial charge in [0.15, 0.2) is 0 Å². The second-order valence-electron chi connectivity index (χ2n) is 10.3. The van der Waals surface area contributed by atoms with Crippen molar-refractivity contribution >= 4 is 22.5 Å². The third-order valence-electron chi connectivity index (χ3n) is 7.90. The van der Waals surface area contributed by atoms with Crippen molar-refractivity contribution in [2.45, 2.75) is 38.6 Å². The van der Waals surface area contributed by atoms with E-state index < -0.39 is 0 Å². The van der Waals surface area contributed by atoms with Crippen LogP contribution in [0.5, 0.6) is 0 Å². The monoisotopic (exact) mass is 527 g/mol. The van der Waals surface area contributed by atoms with Crippen LogP contribution in [-0.2, 0) is 17.7 Å². The van der Waals surface area contributed by atoms with E-state index in [2.05, 4.69) is 15.1 Å². The van der Waals surface area contributed by atoms with Gasteiger partial charge in [-0.15, -0.1) is 0 Å². The number of ether oxygens (including phenoxy) is 1. The summed E-state index contributed by atoms with van der Waals surface area (Å²) in [6.45, 7) is 4.06. The van der Waals surface area contributed by atoms with Crippen molar-refractivity contribution in [2.24, 2.45) is 0 Å². The maximum atomic E-state index is 13.8. The summed E-state index contributed by atoms with van der Waals surface area (Å²) >= 11 is 0. The molecule has 0 spiro atoms. The molecule has 2 aliphatic heterocycles. The van der Waals surface area contributed by atoms with Gasteiger partial charge < -0.3 is 19.1 Å². The smallest absolute Gasteiger partial charge is 0.274 e. The second kappa shape index (κ2) is 9.16. The van der Waals surface area contributed by atoms with E-state index in [0.717, 1.165) is 46.6 Å². The van der Waals surface area contributed by atoms with Crippen LogP contribution in [0.3, 0.4) is 0 Å². The van der Waals surface area contributed by atoms with Crippen LogP contribution in [0.2, 0.25) is 0 Å². The van der Waals surface area contributed by atoms with Gasteiger partial charge in [-0.05, 0) is 61.7 Å². The molecule has 3 aromatic heterocycles. The molecule has 0 saturated carbocycles. The number of carbonyl (C=O) groups excluding carboxylic acids is 1. The molecule has 0 atom stereocenters. The fourth-order valence-electron chi connectivity index (χ4n) is 5.81. The molecule has 1 amide bonds. The Morgan fingerprint density at radius 3 is 2.72 bits per heavy atom. The zero-order valence-electron chi connectivity index (χ0n) is 21.4. The average Bonchev–Trinajstić information content (AvgIpc) is 3.59. The minimum atomic E-state index is -0.328. The molecular formula is C29H26FN5O4. The van der Waals surface area contributed by atoms with E-state index >= 15 is 0 Å². The first-order valence-corrected chi connectivity index (χ1v) is 13.1. The Morgan fingerprint density at radius 1 is 1.13 bits per heavy atom. The van der Waals surface area contributed by atoms with Crippen molar-refractivity contribution in [2.75, 3.05) is 19.8 Å². The summed E-state index contributed by atoms with van der Waals surface area (Å²) in [6.07, 6.45) is 3.86. The van der Waals surface area contributed by atoms with Gasteiger partial charge in [-0.1, -0.05) is 5.16 Å². The molecular weight excluding hydrogens is 501 g/mol. The van der Waals surface area contributed by atoms with Crippen LogP contribution in [0.15, 0.2) is 51.9 Å². The summed E-state index contributed by atoms with van der Waals surface area (Å²) in [5.41, 5.74) is 5.16. The molecule has 10 heteroatoms. The largest absolute Gasteiger partial charge is 0.381 e. The summed E-state index contributed by atoms with van der Waals surface area (Å²) in [5, 5.41) is 4.21. The Kier molecular flexibility index (Phi) is 5.59. The first-order chi connectivity index (χ1) is 19.0. The van der Waals surface area contributed by atoms with Crippen molar-refractivity contribution in [3.05, 3.63) is 87.0 Å². The molecule has 5 aromatic rings. The Hall–Kier alpha value is -4.31. The van der Waals surface area contributed by atoms with E-state index in [9.17, 15) is 14.0 Å². The lowest BCUT2D eigenvalue weighted by Crippen LogP contribution is -2.36. The SMILES string of the molecule is Cc1cc2c(cc1C(=O)N1CCc3onc(-c4ccc(F)cc4)c3C1)[nH]c(=O)c1cnc(C3CCOCC3)n12. The topological polar surface area (TPSA) is 106 Å². The lowest BCUT2D eigenvalue weighted by Gasteiger charge is -2.27. The van der Waals surface area contributed by atoms with E-state index in [-0.39, 0.29) is 23.2 Å². The summed E-state index contributed by atoms with van der Waals surface area (Å²) in [6, 6.07) is 9.80. The van der Waals surface area contributed by atoms with Crippen molar-refractivity contribution in [1.29, 1.82) is 0 Å². The number of carbonyl (C=O) groups is 1. The minimum Gasteiger partial charge on any atom is -0.381 e. The number of aromatic amines is 1. The normalized spacial score (nSPS) is 16.2. The van der Waals surface area contributed by atoms with Crippen LogP contribution in [0.25, 0.3) is 27.8 Å². The Morgan fingerprint density at radius 2 is 1.92 bits per heavy atom. The van der Waals surface area contributed by atoms with Crippen molar-refractivity contribution in [3.63, 3.8) is 0 Å². The van der Waals surface area contributed by atoms with Gasteiger partial charge in [0.25, 0.3) is 11.5 Å². The third kappa shape index (κ3) is 3.94. The molecule has 9 nitrogen and oxygen atoms in total. The number of hydrogen-bond acceptors (Lipinski definition) is 6. The zero-order valence-corrected chi connectivity index (χ0v) is 21.4. The van der Waals surface area contributed by atoms with Gasteiger partial charge in [0, 0.05) is 48.8 Å². The number of amides is 1. The maximum absolute atomic E-state index is 13.8. The van der Waals surface area contributed by atoms with E-state index in [4.69, 9.17) is 9.26 Å². The first kappa shape index (κ1) is 23.8. The van der Waals surface area contributed by atoms with Gasteiger partial charge >= 0.3 is 0 Å².